The molecule has 0 N–H and O–H groups in total. The van der Waals surface area contributed by atoms with Gasteiger partial charge in [0.25, 0.3) is 0 Å². The second kappa shape index (κ2) is 6.25. The second-order valence-electron chi connectivity index (χ2n) is 5.35. The Hall–Kier alpha value is -1.25. The lowest BCUT2D eigenvalue weighted by Crippen LogP contribution is -1.99. The largest absolute Gasteiger partial charge is 0.235 e. The Morgan fingerprint density at radius 1 is 1.33 bits per heavy atom. The van der Waals surface area contributed by atoms with Crippen molar-refractivity contribution in [1.82, 2.24) is 9.36 Å². The lowest BCUT2D eigenvalue weighted by molar-refractivity contribution is 0.834. The first-order valence-corrected chi connectivity index (χ1v) is 8.61. The van der Waals surface area contributed by atoms with Crippen molar-refractivity contribution >= 4 is 27.5 Å². The van der Waals surface area contributed by atoms with E-state index in [4.69, 9.17) is 5.26 Å². The molecule has 0 saturated heterocycles. The van der Waals surface area contributed by atoms with Crippen LogP contribution in [-0.4, -0.2) is 9.36 Å². The third kappa shape index (κ3) is 3.02. The van der Waals surface area contributed by atoms with Crippen LogP contribution in [0.15, 0.2) is 16.6 Å². The molecule has 1 aliphatic rings. The van der Waals surface area contributed by atoms with Crippen LogP contribution in [0, 0.1) is 24.2 Å². The van der Waals surface area contributed by atoms with E-state index in [9.17, 15) is 0 Å². The molecule has 0 aliphatic heterocycles. The maximum atomic E-state index is 9.14. The van der Waals surface area contributed by atoms with Crippen LogP contribution in [0.3, 0.4) is 0 Å². The van der Waals surface area contributed by atoms with Crippen LogP contribution in [0.2, 0.25) is 0 Å². The number of rotatable bonds is 3. The highest BCUT2D eigenvalue weighted by molar-refractivity contribution is 9.10. The van der Waals surface area contributed by atoms with E-state index in [1.165, 1.54) is 42.8 Å². The summed E-state index contributed by atoms with van der Waals surface area (Å²) in [4.78, 5) is 5.57. The van der Waals surface area contributed by atoms with Crippen molar-refractivity contribution in [3.05, 3.63) is 39.5 Å². The molecule has 1 fully saturated rings. The Kier molecular flexibility index (Phi) is 4.37. The van der Waals surface area contributed by atoms with E-state index in [1.807, 2.05) is 12.1 Å². The first kappa shape index (κ1) is 14.7. The Labute approximate surface area is 137 Å². The van der Waals surface area contributed by atoms with Crippen LogP contribution >= 0.6 is 27.5 Å². The van der Waals surface area contributed by atoms with Gasteiger partial charge in [0.1, 0.15) is 6.07 Å². The molecule has 2 aromatic heterocycles. The highest BCUT2D eigenvalue weighted by Gasteiger charge is 2.22. The summed E-state index contributed by atoms with van der Waals surface area (Å²) < 4.78 is 5.24. The highest BCUT2D eigenvalue weighted by Crippen LogP contribution is 2.36. The summed E-state index contributed by atoms with van der Waals surface area (Å²) in [5, 5.41) is 9.14. The van der Waals surface area contributed by atoms with Crippen LogP contribution in [0.5, 0.6) is 0 Å². The SMILES string of the molecule is Cc1nsc(-c2ccc(Br)c(C#N)n2)c1C[C]1CCCC1. The van der Waals surface area contributed by atoms with Gasteiger partial charge < -0.3 is 0 Å². The van der Waals surface area contributed by atoms with Crippen LogP contribution < -0.4 is 0 Å². The maximum absolute atomic E-state index is 9.14. The van der Waals surface area contributed by atoms with Gasteiger partial charge in [0.15, 0.2) is 5.69 Å². The number of aryl methyl sites for hydroxylation is 1. The third-order valence-electron chi connectivity index (χ3n) is 3.91. The summed E-state index contributed by atoms with van der Waals surface area (Å²) >= 11 is 4.84. The van der Waals surface area contributed by atoms with Crippen LogP contribution in [-0.2, 0) is 6.42 Å². The summed E-state index contributed by atoms with van der Waals surface area (Å²) in [6.07, 6.45) is 6.13. The van der Waals surface area contributed by atoms with E-state index in [1.54, 1.807) is 5.92 Å². The second-order valence-corrected chi connectivity index (χ2v) is 6.98. The number of halogens is 1. The monoisotopic (exact) mass is 360 g/mol. The van der Waals surface area contributed by atoms with Crippen LogP contribution in [0.1, 0.15) is 42.6 Å². The Balaban J connectivity index is 1.97. The summed E-state index contributed by atoms with van der Waals surface area (Å²) in [6.45, 7) is 2.06. The fourth-order valence-electron chi connectivity index (χ4n) is 2.75. The average Bonchev–Trinajstić information content (AvgIpc) is 3.12. The minimum atomic E-state index is 0.429. The highest BCUT2D eigenvalue weighted by atomic mass is 79.9. The van der Waals surface area contributed by atoms with Gasteiger partial charge in [-0.05, 0) is 77.3 Å². The summed E-state index contributed by atoms with van der Waals surface area (Å²) in [5.74, 6) is 1.62. The zero-order chi connectivity index (χ0) is 14.8. The molecule has 2 heterocycles. The molecule has 0 aromatic carbocycles. The van der Waals surface area contributed by atoms with Gasteiger partial charge in [-0.1, -0.05) is 12.8 Å². The lowest BCUT2D eigenvalue weighted by atomic mass is 9.96. The number of pyridine rings is 1. The third-order valence-corrected chi connectivity index (χ3v) is 5.55. The predicted molar refractivity (Wildman–Crippen MR) is 87.9 cm³/mol. The molecule has 5 heteroatoms. The molecule has 3 nitrogen and oxygen atoms in total. The zero-order valence-corrected chi connectivity index (χ0v) is 14.2. The predicted octanol–water partition coefficient (Wildman–Crippen LogP) is 4.84. The van der Waals surface area contributed by atoms with Gasteiger partial charge in [-0.2, -0.15) is 9.64 Å². The normalized spacial score (nSPS) is 15.3. The van der Waals surface area contributed by atoms with Crippen molar-refractivity contribution in [2.75, 3.05) is 0 Å². The van der Waals surface area contributed by atoms with Gasteiger partial charge in [-0.3, -0.25) is 0 Å². The van der Waals surface area contributed by atoms with Crippen LogP contribution in [0.25, 0.3) is 10.6 Å². The molecular formula is C16H15BrN3S. The standard InChI is InChI=1S/C16H15BrN3S/c1-10-12(8-11-4-2-3-5-11)16(21-20-10)14-7-6-13(17)15(9-18)19-14/h6-7H,2-5,8H2,1H3. The fourth-order valence-corrected chi connectivity index (χ4v) is 3.93. The van der Waals surface area contributed by atoms with Crippen molar-refractivity contribution in [2.24, 2.45) is 0 Å². The quantitative estimate of drug-likeness (QED) is 0.786. The minimum Gasteiger partial charge on any atom is -0.235 e. The van der Waals surface area contributed by atoms with Gasteiger partial charge in [0.2, 0.25) is 0 Å². The molecule has 0 amide bonds. The van der Waals surface area contributed by atoms with Crippen molar-refractivity contribution in [3.63, 3.8) is 0 Å². The minimum absolute atomic E-state index is 0.429. The topological polar surface area (TPSA) is 49.6 Å². The molecule has 1 aliphatic carbocycles. The first-order valence-electron chi connectivity index (χ1n) is 7.05. The van der Waals surface area contributed by atoms with E-state index in [0.29, 0.717) is 5.69 Å². The molecule has 21 heavy (non-hydrogen) atoms. The van der Waals surface area contributed by atoms with Crippen molar-refractivity contribution in [1.29, 1.82) is 5.26 Å². The van der Waals surface area contributed by atoms with Gasteiger partial charge in [0.05, 0.1) is 20.7 Å². The fraction of sp³-hybridized carbons (Fsp3) is 0.375. The Morgan fingerprint density at radius 2 is 2.10 bits per heavy atom. The molecule has 0 bridgehead atoms. The maximum Gasteiger partial charge on any atom is 0.155 e. The molecule has 0 atom stereocenters. The van der Waals surface area contributed by atoms with E-state index >= 15 is 0 Å². The molecular weight excluding hydrogens is 346 g/mol. The van der Waals surface area contributed by atoms with Crippen molar-refractivity contribution in [2.45, 2.75) is 39.0 Å². The number of hydrogen-bond donors (Lipinski definition) is 0. The number of aromatic nitrogens is 2. The van der Waals surface area contributed by atoms with Crippen molar-refractivity contribution < 1.29 is 0 Å². The van der Waals surface area contributed by atoms with Gasteiger partial charge in [-0.15, -0.1) is 0 Å². The smallest absolute Gasteiger partial charge is 0.155 e. The molecule has 0 spiro atoms. The summed E-state index contributed by atoms with van der Waals surface area (Å²) in [7, 11) is 0. The van der Waals surface area contributed by atoms with Crippen LogP contribution in [0.4, 0.5) is 0 Å². The van der Waals surface area contributed by atoms with E-state index in [2.05, 4.69) is 38.3 Å². The number of nitrogens with zero attached hydrogens (tertiary/aromatic N) is 3. The van der Waals surface area contributed by atoms with E-state index in [0.717, 1.165) is 27.2 Å². The van der Waals surface area contributed by atoms with Gasteiger partial charge in [0, 0.05) is 0 Å². The molecule has 0 unspecified atom stereocenters. The lowest BCUT2D eigenvalue weighted by Gasteiger charge is -2.10. The Bertz CT molecular complexity index is 696. The molecule has 107 valence electrons. The number of hydrogen-bond acceptors (Lipinski definition) is 4. The molecule has 1 radical (unpaired) electrons. The Morgan fingerprint density at radius 3 is 2.81 bits per heavy atom. The molecule has 3 rings (SSSR count). The number of nitriles is 1. The summed E-state index contributed by atoms with van der Waals surface area (Å²) in [5.41, 5.74) is 3.67. The van der Waals surface area contributed by atoms with E-state index < -0.39 is 0 Å². The molecule has 1 saturated carbocycles. The van der Waals surface area contributed by atoms with Gasteiger partial charge >= 0.3 is 0 Å². The first-order chi connectivity index (χ1) is 10.2. The summed E-state index contributed by atoms with van der Waals surface area (Å²) in [6, 6.07) is 5.98. The zero-order valence-electron chi connectivity index (χ0n) is 11.8. The molecule has 2 aromatic rings. The van der Waals surface area contributed by atoms with E-state index in [-0.39, 0.29) is 0 Å². The average molecular weight is 361 g/mol. The van der Waals surface area contributed by atoms with Gasteiger partial charge in [-0.25, -0.2) is 4.98 Å². The van der Waals surface area contributed by atoms with Crippen molar-refractivity contribution in [3.8, 4) is 16.6 Å².